The molecule has 2 aliphatic rings. The second-order valence-electron chi connectivity index (χ2n) is 8.67. The molecule has 2 fully saturated rings. The van der Waals surface area contributed by atoms with Crippen LogP contribution < -0.4 is 9.64 Å². The van der Waals surface area contributed by atoms with E-state index in [1.54, 1.807) is 18.5 Å². The highest BCUT2D eigenvalue weighted by atomic mass is 16.5. The average Bonchev–Trinajstić information content (AvgIpc) is 2.87. The Balaban J connectivity index is 1.12. The summed E-state index contributed by atoms with van der Waals surface area (Å²) in [5, 5.41) is 0. The lowest BCUT2D eigenvalue weighted by atomic mass is 10.0. The van der Waals surface area contributed by atoms with Crippen molar-refractivity contribution in [3.8, 4) is 11.8 Å². The van der Waals surface area contributed by atoms with Crippen molar-refractivity contribution in [3.05, 3.63) is 78.6 Å². The molecule has 6 nitrogen and oxygen atoms in total. The minimum absolute atomic E-state index is 0.381. The minimum atomic E-state index is 0.381. The number of hydrogen-bond donors (Lipinski definition) is 0. The molecule has 2 saturated heterocycles. The number of nitrogens with zero attached hydrogens (tertiary/aromatic N) is 5. The molecule has 166 valence electrons. The number of ether oxygens (including phenoxy) is 1. The Bertz CT molecular complexity index is 959. The van der Waals surface area contributed by atoms with Gasteiger partial charge in [-0.1, -0.05) is 30.3 Å². The Morgan fingerprint density at radius 3 is 2.31 bits per heavy atom. The van der Waals surface area contributed by atoms with Crippen LogP contribution in [0, 0.1) is 0 Å². The molecule has 2 aromatic carbocycles. The molecule has 0 radical (unpaired) electrons. The van der Waals surface area contributed by atoms with Gasteiger partial charge in [0.25, 0.3) is 0 Å². The molecule has 3 heterocycles. The summed E-state index contributed by atoms with van der Waals surface area (Å²) in [6, 6.07) is 22.0. The van der Waals surface area contributed by atoms with E-state index < -0.39 is 0 Å². The molecule has 0 spiro atoms. The SMILES string of the molecule is c1ccc(N2CCN([C@H]3CCCN(Cc4ccc(Oc5ncccn5)cc4)C3)CC2)cc1. The fourth-order valence-electron chi connectivity index (χ4n) is 4.82. The topological polar surface area (TPSA) is 44.7 Å². The van der Waals surface area contributed by atoms with Gasteiger partial charge in [0.1, 0.15) is 5.75 Å². The third-order valence-electron chi connectivity index (χ3n) is 6.51. The van der Waals surface area contributed by atoms with Crippen LogP contribution in [0.5, 0.6) is 11.8 Å². The number of piperidine rings is 1. The maximum absolute atomic E-state index is 5.71. The Morgan fingerprint density at radius 1 is 0.812 bits per heavy atom. The molecule has 32 heavy (non-hydrogen) atoms. The van der Waals surface area contributed by atoms with Crippen LogP contribution in [-0.2, 0) is 6.54 Å². The zero-order valence-electron chi connectivity index (χ0n) is 18.5. The third kappa shape index (κ3) is 5.26. The van der Waals surface area contributed by atoms with Gasteiger partial charge in [0.15, 0.2) is 0 Å². The predicted octanol–water partition coefficient (Wildman–Crippen LogP) is 4.06. The molecule has 1 atom stereocenters. The number of anilines is 1. The number of benzene rings is 2. The van der Waals surface area contributed by atoms with Crippen LogP contribution in [0.3, 0.4) is 0 Å². The van der Waals surface area contributed by atoms with Gasteiger partial charge in [-0.15, -0.1) is 0 Å². The van der Waals surface area contributed by atoms with Gasteiger partial charge in [0.05, 0.1) is 0 Å². The van der Waals surface area contributed by atoms with Crippen molar-refractivity contribution in [1.29, 1.82) is 0 Å². The summed E-state index contributed by atoms with van der Waals surface area (Å²) < 4.78 is 5.71. The number of aromatic nitrogens is 2. The zero-order valence-corrected chi connectivity index (χ0v) is 18.5. The highest BCUT2D eigenvalue weighted by molar-refractivity contribution is 5.46. The fourth-order valence-corrected chi connectivity index (χ4v) is 4.82. The van der Waals surface area contributed by atoms with E-state index >= 15 is 0 Å². The Morgan fingerprint density at radius 2 is 1.56 bits per heavy atom. The molecular formula is C26H31N5O. The molecule has 6 heteroatoms. The van der Waals surface area contributed by atoms with Crippen molar-refractivity contribution in [1.82, 2.24) is 19.8 Å². The van der Waals surface area contributed by atoms with Crippen molar-refractivity contribution < 1.29 is 4.74 Å². The van der Waals surface area contributed by atoms with Crippen LogP contribution in [0.2, 0.25) is 0 Å². The molecule has 3 aromatic rings. The summed E-state index contributed by atoms with van der Waals surface area (Å²) in [7, 11) is 0. The Labute approximate surface area is 190 Å². The van der Waals surface area contributed by atoms with E-state index in [4.69, 9.17) is 4.74 Å². The first kappa shape index (κ1) is 20.9. The molecule has 2 aliphatic heterocycles. The number of para-hydroxylation sites is 1. The number of hydrogen-bond acceptors (Lipinski definition) is 6. The molecule has 0 unspecified atom stereocenters. The van der Waals surface area contributed by atoms with Gasteiger partial charge in [-0.25, -0.2) is 9.97 Å². The summed E-state index contributed by atoms with van der Waals surface area (Å²) in [5.41, 5.74) is 2.67. The molecular weight excluding hydrogens is 398 g/mol. The zero-order chi connectivity index (χ0) is 21.6. The molecule has 5 rings (SSSR count). The minimum Gasteiger partial charge on any atom is -0.424 e. The highest BCUT2D eigenvalue weighted by Gasteiger charge is 2.28. The van der Waals surface area contributed by atoms with Gasteiger partial charge < -0.3 is 9.64 Å². The van der Waals surface area contributed by atoms with Crippen molar-refractivity contribution in [2.24, 2.45) is 0 Å². The van der Waals surface area contributed by atoms with Crippen LogP contribution >= 0.6 is 0 Å². The second-order valence-corrected chi connectivity index (χ2v) is 8.67. The highest BCUT2D eigenvalue weighted by Crippen LogP contribution is 2.23. The number of piperazine rings is 1. The molecule has 0 amide bonds. The van der Waals surface area contributed by atoms with Gasteiger partial charge in [0.2, 0.25) is 0 Å². The third-order valence-corrected chi connectivity index (χ3v) is 6.51. The van der Waals surface area contributed by atoms with Gasteiger partial charge in [-0.2, -0.15) is 0 Å². The van der Waals surface area contributed by atoms with Gasteiger partial charge in [-0.05, 0) is 55.3 Å². The van der Waals surface area contributed by atoms with Crippen LogP contribution in [-0.4, -0.2) is 65.1 Å². The normalized spacial score (nSPS) is 20.2. The summed E-state index contributed by atoms with van der Waals surface area (Å²) >= 11 is 0. The van der Waals surface area contributed by atoms with Crippen molar-refractivity contribution in [3.63, 3.8) is 0 Å². The van der Waals surface area contributed by atoms with E-state index in [1.807, 2.05) is 12.1 Å². The summed E-state index contributed by atoms with van der Waals surface area (Å²) in [4.78, 5) is 16.1. The van der Waals surface area contributed by atoms with Crippen molar-refractivity contribution in [2.75, 3.05) is 44.2 Å². The lowest BCUT2D eigenvalue weighted by molar-refractivity contribution is 0.0888. The van der Waals surface area contributed by atoms with Crippen molar-refractivity contribution in [2.45, 2.75) is 25.4 Å². The first-order chi connectivity index (χ1) is 15.8. The molecule has 0 N–H and O–H groups in total. The molecule has 1 aromatic heterocycles. The smallest absolute Gasteiger partial charge is 0.321 e. The van der Waals surface area contributed by atoms with Gasteiger partial charge >= 0.3 is 6.01 Å². The van der Waals surface area contributed by atoms with Gasteiger partial charge in [0, 0.05) is 63.4 Å². The van der Waals surface area contributed by atoms with E-state index in [2.05, 4.69) is 67.1 Å². The van der Waals surface area contributed by atoms with Crippen LogP contribution in [0.4, 0.5) is 5.69 Å². The maximum atomic E-state index is 5.71. The van der Waals surface area contributed by atoms with E-state index in [1.165, 1.54) is 30.6 Å². The summed E-state index contributed by atoms with van der Waals surface area (Å²) in [5.74, 6) is 0.771. The van der Waals surface area contributed by atoms with E-state index in [0.29, 0.717) is 12.1 Å². The van der Waals surface area contributed by atoms with Crippen LogP contribution in [0.25, 0.3) is 0 Å². The average molecular weight is 430 g/mol. The number of likely N-dealkylation sites (tertiary alicyclic amines) is 1. The summed E-state index contributed by atoms with van der Waals surface area (Å²) in [6.45, 7) is 7.86. The largest absolute Gasteiger partial charge is 0.424 e. The first-order valence-corrected chi connectivity index (χ1v) is 11.6. The summed E-state index contributed by atoms with van der Waals surface area (Å²) in [6.07, 6.45) is 5.96. The molecule has 0 saturated carbocycles. The van der Waals surface area contributed by atoms with E-state index in [9.17, 15) is 0 Å². The predicted molar refractivity (Wildman–Crippen MR) is 127 cm³/mol. The van der Waals surface area contributed by atoms with Crippen LogP contribution in [0.1, 0.15) is 18.4 Å². The molecule has 0 bridgehead atoms. The Hall–Kier alpha value is -2.96. The quantitative estimate of drug-likeness (QED) is 0.589. The van der Waals surface area contributed by atoms with E-state index in [-0.39, 0.29) is 0 Å². The number of rotatable bonds is 6. The Kier molecular flexibility index (Phi) is 6.61. The molecule has 0 aliphatic carbocycles. The maximum Gasteiger partial charge on any atom is 0.321 e. The fraction of sp³-hybridized carbons (Fsp3) is 0.385. The standard InChI is InChI=1S/C26H31N5O/c1-2-6-23(7-3-1)30-16-18-31(19-17-30)24-8-4-15-29(21-24)20-22-9-11-25(12-10-22)32-26-27-13-5-14-28-26/h1-3,5-7,9-14,24H,4,8,15-21H2/t24-/m0/s1. The monoisotopic (exact) mass is 429 g/mol. The lowest BCUT2D eigenvalue weighted by Crippen LogP contribution is -2.55. The van der Waals surface area contributed by atoms with Gasteiger partial charge in [-0.3, -0.25) is 9.80 Å². The van der Waals surface area contributed by atoms with Crippen LogP contribution in [0.15, 0.2) is 73.1 Å². The first-order valence-electron chi connectivity index (χ1n) is 11.6. The second kappa shape index (κ2) is 10.1. The van der Waals surface area contributed by atoms with E-state index in [0.717, 1.165) is 45.0 Å². The van der Waals surface area contributed by atoms with Crippen molar-refractivity contribution >= 4 is 5.69 Å². The lowest BCUT2D eigenvalue weighted by Gasteiger charge is -2.44.